The van der Waals surface area contributed by atoms with Crippen LogP contribution in [0.3, 0.4) is 0 Å². The molecule has 4 bridgehead atoms. The summed E-state index contributed by atoms with van der Waals surface area (Å²) in [4.78, 5) is 26.7. The number of carbonyl (C=O) groups is 2. The number of hydrogen-bond acceptors (Lipinski definition) is 6. The van der Waals surface area contributed by atoms with Crippen molar-refractivity contribution in [1.82, 2.24) is 20.9 Å². The molecule has 0 saturated heterocycles. The summed E-state index contributed by atoms with van der Waals surface area (Å²) in [6.07, 6.45) is 3.49. The number of benzene rings is 3. The molecule has 0 aliphatic carbocycles. The number of rotatable bonds is 4. The molecule has 2 aliphatic heterocycles. The first kappa shape index (κ1) is 31.8. The van der Waals surface area contributed by atoms with Gasteiger partial charge in [0, 0.05) is 64.6 Å². The molecule has 12 heteroatoms. The quantitative estimate of drug-likeness (QED) is 0.164. The highest BCUT2D eigenvalue weighted by Crippen LogP contribution is 2.41. The number of carboxylic acids is 1. The van der Waals surface area contributed by atoms with Gasteiger partial charge in [-0.1, -0.05) is 18.2 Å². The van der Waals surface area contributed by atoms with Crippen molar-refractivity contribution in [3.05, 3.63) is 106 Å². The number of alkyl carbamates (subject to hydrolysis) is 1. The lowest BCUT2D eigenvalue weighted by atomic mass is 9.74. The van der Waals surface area contributed by atoms with E-state index < -0.39 is 41.1 Å². The second kappa shape index (κ2) is 13.3. The number of fused-ring (bicyclic) bond motifs is 8. The highest BCUT2D eigenvalue weighted by Gasteiger charge is 2.38. The molecule has 246 valence electrons. The maximum Gasteiger partial charge on any atom is 0.407 e. The molecule has 0 saturated carbocycles. The zero-order valence-electron chi connectivity index (χ0n) is 25.7. The van der Waals surface area contributed by atoms with Gasteiger partial charge in [-0.05, 0) is 74.4 Å². The van der Waals surface area contributed by atoms with E-state index in [1.807, 2.05) is 6.92 Å². The Balaban J connectivity index is 1.37. The van der Waals surface area contributed by atoms with Crippen LogP contribution < -0.4 is 20.7 Å². The number of allylic oxidation sites excluding steroid dienone is 1. The van der Waals surface area contributed by atoms with E-state index in [0.717, 1.165) is 5.39 Å². The Morgan fingerprint density at radius 1 is 1.09 bits per heavy atom. The summed E-state index contributed by atoms with van der Waals surface area (Å²) in [5.74, 6) is -2.54. The van der Waals surface area contributed by atoms with Gasteiger partial charge in [0.15, 0.2) is 11.6 Å². The lowest BCUT2D eigenvalue weighted by molar-refractivity contribution is -0.136. The Kier molecular flexibility index (Phi) is 9.01. The smallest absolute Gasteiger partial charge is 0.407 e. The summed E-state index contributed by atoms with van der Waals surface area (Å²) in [6, 6.07) is 12.2. The number of aromatic nitrogens is 1. The van der Waals surface area contributed by atoms with E-state index in [1.165, 1.54) is 24.3 Å². The van der Waals surface area contributed by atoms with Crippen molar-refractivity contribution in [3.63, 3.8) is 0 Å². The number of hydrogen-bond donors (Lipinski definition) is 5. The first-order valence-electron chi connectivity index (χ1n) is 15.5. The van der Waals surface area contributed by atoms with Crippen LogP contribution in [0.15, 0.2) is 66.6 Å². The number of cyclic esters (lactones) is 1. The van der Waals surface area contributed by atoms with E-state index in [-0.39, 0.29) is 55.0 Å². The second-order valence-electron chi connectivity index (χ2n) is 12.0. The van der Waals surface area contributed by atoms with Gasteiger partial charge < -0.3 is 35.5 Å². The van der Waals surface area contributed by atoms with Crippen molar-refractivity contribution in [2.75, 3.05) is 13.2 Å². The van der Waals surface area contributed by atoms with E-state index >= 15 is 13.2 Å². The number of carbonyl (C=O) groups excluding carboxylic acids is 1. The van der Waals surface area contributed by atoms with E-state index in [1.54, 1.807) is 36.7 Å². The third-order valence-corrected chi connectivity index (χ3v) is 8.88. The Labute approximate surface area is 269 Å². The fourth-order valence-corrected chi connectivity index (χ4v) is 6.34. The molecule has 1 aromatic heterocycles. The van der Waals surface area contributed by atoms with Crippen molar-refractivity contribution < 1.29 is 37.3 Å². The number of aromatic amines is 1. The Morgan fingerprint density at radius 3 is 2.77 bits per heavy atom. The summed E-state index contributed by atoms with van der Waals surface area (Å²) in [7, 11) is 0. The zero-order valence-corrected chi connectivity index (χ0v) is 25.7. The summed E-state index contributed by atoms with van der Waals surface area (Å²) < 4.78 is 58.3. The molecule has 47 heavy (non-hydrogen) atoms. The molecule has 2 aliphatic rings. The first-order chi connectivity index (χ1) is 22.6. The second-order valence-corrected chi connectivity index (χ2v) is 12.0. The summed E-state index contributed by atoms with van der Waals surface area (Å²) >= 11 is 0. The summed E-state index contributed by atoms with van der Waals surface area (Å²) in [5, 5.41) is 19.1. The molecule has 2 atom stereocenters. The highest BCUT2D eigenvalue weighted by atomic mass is 19.1. The number of ether oxygens (including phenoxy) is 2. The van der Waals surface area contributed by atoms with Gasteiger partial charge in [-0.15, -0.1) is 0 Å². The predicted molar refractivity (Wildman–Crippen MR) is 168 cm³/mol. The number of halogens is 3. The fourth-order valence-electron chi connectivity index (χ4n) is 6.34. The van der Waals surface area contributed by atoms with Crippen LogP contribution in [0.1, 0.15) is 61.0 Å². The molecule has 2 unspecified atom stereocenters. The number of amides is 1. The van der Waals surface area contributed by atoms with Gasteiger partial charge in [0.05, 0.1) is 6.61 Å². The number of aliphatic carboxylic acids is 1. The van der Waals surface area contributed by atoms with Crippen molar-refractivity contribution in [1.29, 1.82) is 0 Å². The van der Waals surface area contributed by atoms with E-state index in [9.17, 15) is 9.59 Å². The molecule has 0 fully saturated rings. The van der Waals surface area contributed by atoms with Crippen molar-refractivity contribution >= 4 is 23.0 Å². The molecule has 1 amide bonds. The first-order valence-corrected chi connectivity index (χ1v) is 15.5. The minimum atomic E-state index is -1.03. The molecule has 4 aromatic rings. The number of nitrogens with one attached hydrogen (secondary N) is 4. The largest absolute Gasteiger partial charge is 0.481 e. The number of H-pyrrole nitrogens is 1. The fraction of sp³-hybridized carbons (Fsp3) is 0.314. The third kappa shape index (κ3) is 6.58. The molecule has 6 rings (SSSR count). The topological polar surface area (TPSA) is 125 Å². The van der Waals surface area contributed by atoms with Gasteiger partial charge in [0.2, 0.25) is 0 Å². The van der Waals surface area contributed by atoms with Crippen molar-refractivity contribution in [2.45, 2.75) is 57.0 Å². The Hall–Kier alpha value is -5.13. The molecule has 0 radical (unpaired) electrons. The molecular formula is C35H35F3N4O5. The average molecular weight is 649 g/mol. The van der Waals surface area contributed by atoms with Crippen LogP contribution in [0.5, 0.6) is 11.5 Å². The molecular weight excluding hydrogens is 613 g/mol. The Bertz CT molecular complexity index is 1860. The van der Waals surface area contributed by atoms with E-state index in [4.69, 9.17) is 14.6 Å². The van der Waals surface area contributed by atoms with E-state index in [0.29, 0.717) is 41.6 Å². The van der Waals surface area contributed by atoms with Crippen LogP contribution in [0, 0.1) is 17.5 Å². The highest BCUT2D eigenvalue weighted by molar-refractivity contribution is 5.85. The lowest BCUT2D eigenvalue weighted by Crippen LogP contribution is -2.34. The van der Waals surface area contributed by atoms with Crippen LogP contribution in [-0.4, -0.2) is 35.3 Å². The van der Waals surface area contributed by atoms with Crippen molar-refractivity contribution in [3.8, 4) is 11.5 Å². The normalized spacial score (nSPS) is 20.2. The van der Waals surface area contributed by atoms with Gasteiger partial charge in [0.1, 0.15) is 23.5 Å². The number of carboxylic acid groups (broad SMARTS) is 1. The van der Waals surface area contributed by atoms with Crippen LogP contribution >= 0.6 is 0 Å². The maximum absolute atomic E-state index is 16.0. The summed E-state index contributed by atoms with van der Waals surface area (Å²) in [6.45, 7) is 2.12. The monoisotopic (exact) mass is 648 g/mol. The molecule has 9 nitrogen and oxygen atoms in total. The average Bonchev–Trinajstić information content (AvgIpc) is 3.72. The molecule has 0 spiro atoms. The zero-order chi connectivity index (χ0) is 33.1. The van der Waals surface area contributed by atoms with Crippen LogP contribution in [0.25, 0.3) is 10.9 Å². The van der Waals surface area contributed by atoms with Gasteiger partial charge in [-0.25, -0.2) is 18.0 Å². The molecule has 3 aromatic carbocycles. The van der Waals surface area contributed by atoms with Gasteiger partial charge in [-0.2, -0.15) is 0 Å². The summed E-state index contributed by atoms with van der Waals surface area (Å²) in [5.41, 5.74) is 1.56. The third-order valence-electron chi connectivity index (χ3n) is 8.88. The molecule has 3 heterocycles. The SMILES string of the molecule is CC1(c2cccc(CCC(=O)O)c2F)CCCCOC(=O)NCCc2c(c(F)cc3[nH]ccc23)Oc2ccc(F)c(c2)C2NC=C1N2. The Morgan fingerprint density at radius 2 is 1.94 bits per heavy atom. The van der Waals surface area contributed by atoms with Crippen LogP contribution in [-0.2, 0) is 27.8 Å². The van der Waals surface area contributed by atoms with Crippen LogP contribution in [0.2, 0.25) is 0 Å². The minimum Gasteiger partial charge on any atom is -0.481 e. The standard InChI is InChI=1S/C35H35F3N4O5/c1-35(25-6-4-5-20(31(25)38)7-10-30(43)44)13-2-3-16-46-34(45)40-15-12-23-22-11-14-39-28(22)18-27(37)32(23)47-21-8-9-26(36)24(17-21)33-41-19-29(35)42-33/h4-6,8-9,11,14,17-19,33,39,41-42H,2-3,7,10,12-13,15-16H2,1H3,(H,40,45)(H,43,44). The van der Waals surface area contributed by atoms with Gasteiger partial charge >= 0.3 is 12.1 Å². The lowest BCUT2D eigenvalue weighted by Gasteiger charge is -2.33. The number of aryl methyl sites for hydroxylation is 1. The van der Waals surface area contributed by atoms with Gasteiger partial charge in [0.25, 0.3) is 0 Å². The maximum atomic E-state index is 16.0. The van der Waals surface area contributed by atoms with Gasteiger partial charge in [-0.3, -0.25) is 4.79 Å². The van der Waals surface area contributed by atoms with Crippen molar-refractivity contribution in [2.24, 2.45) is 0 Å². The predicted octanol–water partition coefficient (Wildman–Crippen LogP) is 6.84. The van der Waals surface area contributed by atoms with E-state index in [2.05, 4.69) is 20.9 Å². The molecule has 5 N–H and O–H groups in total. The minimum absolute atomic E-state index is 0.0265. The van der Waals surface area contributed by atoms with Crippen LogP contribution in [0.4, 0.5) is 18.0 Å².